The van der Waals surface area contributed by atoms with E-state index in [9.17, 15) is 4.57 Å². The van der Waals surface area contributed by atoms with Crippen molar-refractivity contribution in [3.8, 4) is 0 Å². The Hall–Kier alpha value is 0.500. The normalized spacial score (nSPS) is 39.4. The van der Waals surface area contributed by atoms with Gasteiger partial charge in [-0.05, 0) is 79.8 Å². The summed E-state index contributed by atoms with van der Waals surface area (Å²) in [6.07, 6.45) is 9.26. The second kappa shape index (κ2) is 10.4. The van der Waals surface area contributed by atoms with Crippen molar-refractivity contribution >= 4 is 19.4 Å². The van der Waals surface area contributed by atoms with E-state index in [2.05, 4.69) is 41.5 Å². The first-order chi connectivity index (χ1) is 13.7. The molecule has 7 atom stereocenters. The lowest BCUT2D eigenvalue weighted by Crippen LogP contribution is -2.37. The van der Waals surface area contributed by atoms with Crippen LogP contribution in [0.15, 0.2) is 0 Å². The summed E-state index contributed by atoms with van der Waals surface area (Å²) < 4.78 is 27.8. The third kappa shape index (κ3) is 6.05. The lowest BCUT2D eigenvalue weighted by atomic mass is 9.75. The molecule has 0 spiro atoms. The Morgan fingerprint density at radius 3 is 1.66 bits per heavy atom. The molecule has 3 fully saturated rings. The average molecular weight is 445 g/mol. The molecule has 170 valence electrons. The van der Waals surface area contributed by atoms with E-state index in [0.29, 0.717) is 35.5 Å². The van der Waals surface area contributed by atoms with E-state index in [1.807, 2.05) is 11.8 Å². The molecule has 0 N–H and O–H groups in total. The van der Waals surface area contributed by atoms with Crippen LogP contribution < -0.4 is 0 Å². The molecule has 0 aromatic heterocycles. The Bertz CT molecular complexity index is 522. The van der Waals surface area contributed by atoms with Gasteiger partial charge in [-0.15, -0.1) is 11.8 Å². The predicted molar refractivity (Wildman–Crippen MR) is 126 cm³/mol. The van der Waals surface area contributed by atoms with Gasteiger partial charge >= 0.3 is 7.60 Å². The van der Waals surface area contributed by atoms with E-state index < -0.39 is 7.60 Å². The van der Waals surface area contributed by atoms with E-state index in [-0.39, 0.29) is 17.2 Å². The van der Waals surface area contributed by atoms with E-state index in [4.69, 9.17) is 9.05 Å². The van der Waals surface area contributed by atoms with Gasteiger partial charge in [-0.3, -0.25) is 4.57 Å². The molecule has 1 heterocycles. The summed E-state index contributed by atoms with van der Waals surface area (Å²) in [4.78, 5) is 0.0394. The first-order valence-corrected chi connectivity index (χ1v) is 14.9. The molecule has 3 rings (SSSR count). The van der Waals surface area contributed by atoms with Crippen LogP contribution in [-0.4, -0.2) is 23.0 Å². The van der Waals surface area contributed by atoms with Crippen molar-refractivity contribution in [2.24, 2.45) is 35.5 Å². The molecular weight excluding hydrogens is 399 g/mol. The smallest absolute Gasteiger partial charge is 0.304 e. The summed E-state index contributed by atoms with van der Waals surface area (Å²) in [5.74, 6) is 4.52. The monoisotopic (exact) mass is 444 g/mol. The van der Waals surface area contributed by atoms with Gasteiger partial charge in [-0.25, -0.2) is 0 Å². The molecule has 2 aliphatic carbocycles. The summed E-state index contributed by atoms with van der Waals surface area (Å²) in [5.41, 5.74) is 0. The van der Waals surface area contributed by atoms with Crippen LogP contribution in [0, 0.1) is 35.5 Å². The molecule has 3 nitrogen and oxygen atoms in total. The molecule has 5 heteroatoms. The van der Waals surface area contributed by atoms with Crippen molar-refractivity contribution in [3.05, 3.63) is 0 Å². The Morgan fingerprint density at radius 1 is 0.793 bits per heavy atom. The van der Waals surface area contributed by atoms with Gasteiger partial charge in [0.25, 0.3) is 0 Å². The summed E-state index contributed by atoms with van der Waals surface area (Å²) in [7, 11) is -3.15. The van der Waals surface area contributed by atoms with Crippen LogP contribution >= 0.6 is 19.4 Å². The molecule has 0 bridgehead atoms. The lowest BCUT2D eigenvalue weighted by molar-refractivity contribution is -0.00413. The van der Waals surface area contributed by atoms with Crippen LogP contribution in [0.4, 0.5) is 0 Å². The fourth-order valence-corrected chi connectivity index (χ4v) is 10.2. The van der Waals surface area contributed by atoms with Gasteiger partial charge < -0.3 is 9.05 Å². The molecule has 1 saturated heterocycles. The summed E-state index contributed by atoms with van der Waals surface area (Å²) in [6, 6.07) is 0. The fraction of sp³-hybridized carbons (Fsp3) is 1.00. The maximum atomic E-state index is 14.4. The maximum Gasteiger partial charge on any atom is 0.344 e. The minimum atomic E-state index is -3.15. The van der Waals surface area contributed by atoms with Gasteiger partial charge in [0, 0.05) is 0 Å². The molecule has 1 aliphatic heterocycles. The van der Waals surface area contributed by atoms with E-state index in [1.54, 1.807) is 0 Å². The second-order valence-corrected chi connectivity index (χ2v) is 14.7. The Kier molecular flexibility index (Phi) is 8.67. The zero-order chi connectivity index (χ0) is 21.2. The minimum absolute atomic E-state index is 0.0394. The Morgan fingerprint density at radius 2 is 1.28 bits per heavy atom. The van der Waals surface area contributed by atoms with Gasteiger partial charge in [0.1, 0.15) is 4.99 Å². The third-order valence-corrected chi connectivity index (χ3v) is 12.2. The van der Waals surface area contributed by atoms with Crippen molar-refractivity contribution in [3.63, 3.8) is 0 Å². The van der Waals surface area contributed by atoms with Crippen LogP contribution in [0.2, 0.25) is 0 Å². The van der Waals surface area contributed by atoms with Crippen molar-refractivity contribution < 1.29 is 13.6 Å². The largest absolute Gasteiger partial charge is 0.344 e. The molecule has 3 aliphatic rings. The second-order valence-electron chi connectivity index (χ2n) is 10.9. The van der Waals surface area contributed by atoms with Crippen LogP contribution in [0.1, 0.15) is 92.9 Å². The quantitative estimate of drug-likeness (QED) is 0.373. The molecule has 29 heavy (non-hydrogen) atoms. The van der Waals surface area contributed by atoms with Crippen molar-refractivity contribution in [1.82, 2.24) is 0 Å². The van der Waals surface area contributed by atoms with Crippen molar-refractivity contribution in [2.75, 3.05) is 5.75 Å². The molecule has 0 radical (unpaired) electrons. The van der Waals surface area contributed by atoms with Crippen LogP contribution in [0.25, 0.3) is 0 Å². The predicted octanol–water partition coefficient (Wildman–Crippen LogP) is 7.99. The van der Waals surface area contributed by atoms with E-state index in [0.717, 1.165) is 31.4 Å². The van der Waals surface area contributed by atoms with Crippen LogP contribution in [-0.2, 0) is 13.6 Å². The first-order valence-electron chi connectivity index (χ1n) is 12.3. The van der Waals surface area contributed by atoms with Crippen molar-refractivity contribution in [2.45, 2.75) is 110 Å². The first kappa shape index (κ1) is 24.1. The Balaban J connectivity index is 1.82. The van der Waals surface area contributed by atoms with Gasteiger partial charge in [-0.1, -0.05) is 54.4 Å². The zero-order valence-electron chi connectivity index (χ0n) is 19.6. The molecule has 0 amide bonds. The molecule has 1 unspecified atom stereocenters. The minimum Gasteiger partial charge on any atom is -0.304 e. The van der Waals surface area contributed by atoms with Crippen LogP contribution in [0.5, 0.6) is 0 Å². The molecule has 0 aromatic carbocycles. The standard InChI is InChI=1S/C24H45O3PS/c1-16(2)20-11-9-18(5)14-22(20)26-28(25,24-8-7-13-29-24)27-23-15-19(6)10-12-21(23)17(3)4/h16-24H,7-15H2,1-6H3/t18-,19-,20+,21+,22-,23-,24?/m1/s1. The number of thioether (sulfide) groups is 1. The molecular formula is C24H45O3PS. The summed E-state index contributed by atoms with van der Waals surface area (Å²) in [6.45, 7) is 13.8. The highest BCUT2D eigenvalue weighted by Gasteiger charge is 2.47. The van der Waals surface area contributed by atoms with Gasteiger partial charge in [-0.2, -0.15) is 0 Å². The van der Waals surface area contributed by atoms with Crippen molar-refractivity contribution in [1.29, 1.82) is 0 Å². The maximum absolute atomic E-state index is 14.4. The highest BCUT2D eigenvalue weighted by atomic mass is 32.2. The van der Waals surface area contributed by atoms with E-state index in [1.165, 1.54) is 25.7 Å². The number of hydrogen-bond donors (Lipinski definition) is 0. The highest BCUT2D eigenvalue weighted by molar-refractivity contribution is 8.05. The summed E-state index contributed by atoms with van der Waals surface area (Å²) >= 11 is 1.83. The van der Waals surface area contributed by atoms with Gasteiger partial charge in [0.2, 0.25) is 0 Å². The molecule has 2 saturated carbocycles. The summed E-state index contributed by atoms with van der Waals surface area (Å²) in [5, 5.41) is 0. The van der Waals surface area contributed by atoms with Crippen LogP contribution in [0.3, 0.4) is 0 Å². The molecule has 0 aromatic rings. The highest BCUT2D eigenvalue weighted by Crippen LogP contribution is 2.65. The fourth-order valence-electron chi connectivity index (χ4n) is 5.82. The third-order valence-electron chi connectivity index (χ3n) is 7.75. The average Bonchev–Trinajstić information content (AvgIpc) is 3.16. The van der Waals surface area contributed by atoms with Gasteiger partial charge in [0.15, 0.2) is 0 Å². The van der Waals surface area contributed by atoms with E-state index >= 15 is 0 Å². The van der Waals surface area contributed by atoms with Gasteiger partial charge in [0.05, 0.1) is 12.2 Å². The SMILES string of the molecule is CC(C)[C@@H]1CC[C@@H](C)C[C@H]1OP(=O)(O[C@@H]1C[C@H](C)CC[C@H]1C(C)C)C1CCCS1. The number of rotatable bonds is 7. The Labute approximate surface area is 184 Å². The lowest BCUT2D eigenvalue weighted by Gasteiger charge is -2.42. The number of hydrogen-bond acceptors (Lipinski definition) is 4. The zero-order valence-corrected chi connectivity index (χ0v) is 21.4. The topological polar surface area (TPSA) is 35.5 Å².